The van der Waals surface area contributed by atoms with E-state index in [0.29, 0.717) is 0 Å². The molecule has 0 aliphatic heterocycles. The summed E-state index contributed by atoms with van der Waals surface area (Å²) in [6, 6.07) is 9.50. The average molecular weight is 736 g/mol. The minimum Gasteiger partial charge on any atom is -0.320 e. The van der Waals surface area contributed by atoms with Gasteiger partial charge >= 0.3 is 24.2 Å². The van der Waals surface area contributed by atoms with Crippen LogP contribution in [0.1, 0.15) is 31.8 Å². The first-order valence-corrected chi connectivity index (χ1v) is 12.6. The Kier molecular flexibility index (Phi) is 9.53. The molecular formula is C27H16F11IN2O2. The lowest BCUT2D eigenvalue weighted by Crippen LogP contribution is -2.50. The van der Waals surface area contributed by atoms with E-state index in [4.69, 9.17) is 0 Å². The van der Waals surface area contributed by atoms with Crippen LogP contribution in [0.25, 0.3) is 0 Å². The number of hydrogen-bond donors (Lipinski definition) is 1. The van der Waals surface area contributed by atoms with E-state index in [9.17, 15) is 53.5 Å². The van der Waals surface area contributed by atoms with Crippen LogP contribution >= 0.6 is 22.6 Å². The highest BCUT2D eigenvalue weighted by atomic mass is 127. The van der Waals surface area contributed by atoms with Gasteiger partial charge in [-0.05, 0) is 59.0 Å². The number of hydrogen-bond acceptors (Lipinski definition) is 2. The molecule has 0 bridgehead atoms. The summed E-state index contributed by atoms with van der Waals surface area (Å²) in [4.78, 5) is 26.8. The van der Waals surface area contributed by atoms with Crippen LogP contribution in [0.15, 0.2) is 73.3 Å². The molecule has 0 spiro atoms. The van der Waals surface area contributed by atoms with E-state index in [2.05, 4.69) is 6.58 Å². The highest BCUT2D eigenvalue weighted by molar-refractivity contribution is 14.1. The molecule has 2 amide bonds. The van der Waals surface area contributed by atoms with Crippen molar-refractivity contribution < 1.29 is 57.9 Å². The summed E-state index contributed by atoms with van der Waals surface area (Å²) in [6.45, 7) is 3.19. The number of halogens is 12. The summed E-state index contributed by atoms with van der Waals surface area (Å²) >= 11 is 0.879. The quantitative estimate of drug-likeness (QED) is 0.150. The number of carbonyl (C=O) groups excluding carboxylic acids is 2. The number of benzene rings is 3. The molecule has 16 heteroatoms. The summed E-state index contributed by atoms with van der Waals surface area (Å²) in [6.07, 6.45) is -17.9. The fourth-order valence-corrected chi connectivity index (χ4v) is 4.65. The van der Waals surface area contributed by atoms with E-state index in [1.807, 2.05) is 0 Å². The molecule has 0 saturated heterocycles. The third kappa shape index (κ3) is 6.62. The second kappa shape index (κ2) is 12.1. The molecule has 3 rings (SSSR count). The maximum atomic E-state index is 15.6. The van der Waals surface area contributed by atoms with Gasteiger partial charge in [0.2, 0.25) is 0 Å². The molecule has 0 heterocycles. The van der Waals surface area contributed by atoms with Crippen molar-refractivity contribution in [1.29, 1.82) is 0 Å². The minimum absolute atomic E-state index is 0.102. The third-order valence-corrected chi connectivity index (χ3v) is 6.76. The zero-order valence-corrected chi connectivity index (χ0v) is 23.2. The number of nitrogens with one attached hydrogen (secondary N) is 1. The van der Waals surface area contributed by atoms with Gasteiger partial charge in [-0.2, -0.15) is 39.5 Å². The van der Waals surface area contributed by atoms with Crippen molar-refractivity contribution in [3.8, 4) is 0 Å². The fourth-order valence-electron chi connectivity index (χ4n) is 3.89. The predicted molar refractivity (Wildman–Crippen MR) is 142 cm³/mol. The number of rotatable bonds is 7. The van der Waals surface area contributed by atoms with Crippen molar-refractivity contribution in [3.05, 3.63) is 105 Å². The maximum absolute atomic E-state index is 15.6. The van der Waals surface area contributed by atoms with Crippen molar-refractivity contribution in [3.63, 3.8) is 0 Å². The van der Waals surface area contributed by atoms with Gasteiger partial charge in [-0.1, -0.05) is 30.3 Å². The second-order valence-electron chi connectivity index (χ2n) is 8.70. The van der Waals surface area contributed by atoms with Gasteiger partial charge in [0.1, 0.15) is 0 Å². The minimum atomic E-state index is -6.71. The lowest BCUT2D eigenvalue weighted by Gasteiger charge is -2.31. The van der Waals surface area contributed by atoms with Gasteiger partial charge in [0, 0.05) is 21.2 Å². The molecular weight excluding hydrogens is 720 g/mol. The fraction of sp³-hybridized carbons (Fsp3) is 0.185. The summed E-state index contributed by atoms with van der Waals surface area (Å²) in [5, 5.41) is 1.64. The van der Waals surface area contributed by atoms with E-state index in [0.717, 1.165) is 45.7 Å². The molecule has 0 fully saturated rings. The zero-order valence-electron chi connectivity index (χ0n) is 21.1. The Morgan fingerprint density at radius 1 is 0.860 bits per heavy atom. The number of alkyl halides is 10. The molecule has 0 radical (unpaired) electrons. The molecule has 1 N–H and O–H groups in total. The van der Waals surface area contributed by atoms with Crippen LogP contribution in [0, 0.1) is 9.39 Å². The Bertz CT molecular complexity index is 1520. The van der Waals surface area contributed by atoms with Crippen LogP contribution in [0.2, 0.25) is 0 Å². The molecule has 230 valence electrons. The maximum Gasteiger partial charge on any atom is 0.435 e. The third-order valence-electron chi connectivity index (χ3n) is 5.90. The van der Waals surface area contributed by atoms with Crippen molar-refractivity contribution in [1.82, 2.24) is 0 Å². The van der Waals surface area contributed by atoms with Gasteiger partial charge in [0.05, 0.1) is 22.5 Å². The Balaban J connectivity index is 2.12. The van der Waals surface area contributed by atoms with Gasteiger partial charge in [-0.25, -0.2) is 8.78 Å². The van der Waals surface area contributed by atoms with E-state index < -0.39 is 79.5 Å². The first-order valence-electron chi connectivity index (χ1n) is 11.6. The molecule has 3 aromatic rings. The summed E-state index contributed by atoms with van der Waals surface area (Å²) < 4.78 is 150. The van der Waals surface area contributed by atoms with E-state index >= 15 is 4.39 Å². The van der Waals surface area contributed by atoms with Gasteiger partial charge in [-0.15, -0.1) is 6.58 Å². The Morgan fingerprint density at radius 2 is 1.44 bits per heavy atom. The molecule has 0 aliphatic carbocycles. The summed E-state index contributed by atoms with van der Waals surface area (Å²) in [5.74, 6) is -3.76. The van der Waals surface area contributed by atoms with Crippen molar-refractivity contribution >= 4 is 45.8 Å². The van der Waals surface area contributed by atoms with E-state index in [1.54, 1.807) is 11.4 Å². The first kappa shape index (κ1) is 33.8. The van der Waals surface area contributed by atoms with Gasteiger partial charge in [0.15, 0.2) is 5.82 Å². The molecule has 0 saturated carbocycles. The van der Waals surface area contributed by atoms with Crippen LogP contribution < -0.4 is 10.2 Å². The smallest absolute Gasteiger partial charge is 0.320 e. The van der Waals surface area contributed by atoms with Crippen LogP contribution in [0.4, 0.5) is 59.7 Å². The standard InChI is InChI=1S/C27H16F11IN2O2/c1-2-11-41(23(43)14-7-4-3-5-8-14)19-10-6-9-16(20(19)28)22(42)40-21-17(25(30,31)32)12-15(13-18(21)39)24(29,26(33,34)35)27(36,37)38/h2-10,12-13H,1,11H2,(H,40,42). The first-order chi connectivity index (χ1) is 19.8. The topological polar surface area (TPSA) is 49.4 Å². The van der Waals surface area contributed by atoms with Gasteiger partial charge < -0.3 is 10.2 Å². The largest absolute Gasteiger partial charge is 0.435 e. The van der Waals surface area contributed by atoms with Crippen LogP contribution in [0.5, 0.6) is 0 Å². The SMILES string of the molecule is C=CCN(C(=O)c1ccccc1)c1cccc(C(=O)Nc2c(I)cc(C(F)(C(F)(F)F)C(F)(F)F)cc2C(F)(F)F)c1F. The lowest BCUT2D eigenvalue weighted by molar-refractivity contribution is -0.348. The van der Waals surface area contributed by atoms with Crippen molar-refractivity contribution in [2.75, 3.05) is 16.8 Å². The number of nitrogens with zero attached hydrogens (tertiary/aromatic N) is 1. The van der Waals surface area contributed by atoms with Gasteiger partial charge in [-0.3, -0.25) is 9.59 Å². The highest BCUT2D eigenvalue weighted by Crippen LogP contribution is 2.54. The Labute approximate surface area is 249 Å². The predicted octanol–water partition coefficient (Wildman–Crippen LogP) is 8.82. The number of amides is 2. The Morgan fingerprint density at radius 3 is 1.95 bits per heavy atom. The van der Waals surface area contributed by atoms with Crippen LogP contribution in [-0.2, 0) is 11.8 Å². The monoisotopic (exact) mass is 736 g/mol. The lowest BCUT2D eigenvalue weighted by atomic mass is 9.92. The molecule has 0 aromatic heterocycles. The zero-order chi connectivity index (χ0) is 32.5. The van der Waals surface area contributed by atoms with Crippen molar-refractivity contribution in [2.45, 2.75) is 24.2 Å². The normalized spacial score (nSPS) is 12.6. The number of carbonyl (C=O) groups is 2. The van der Waals surface area contributed by atoms with Crippen LogP contribution in [0.3, 0.4) is 0 Å². The average Bonchev–Trinajstić information content (AvgIpc) is 2.90. The molecule has 3 aromatic carbocycles. The summed E-state index contributed by atoms with van der Waals surface area (Å²) in [7, 11) is 0. The second-order valence-corrected chi connectivity index (χ2v) is 9.86. The highest BCUT2D eigenvalue weighted by Gasteiger charge is 2.73. The van der Waals surface area contributed by atoms with Crippen molar-refractivity contribution in [2.24, 2.45) is 0 Å². The van der Waals surface area contributed by atoms with E-state index in [-0.39, 0.29) is 18.2 Å². The van der Waals surface area contributed by atoms with E-state index in [1.165, 1.54) is 30.3 Å². The molecule has 43 heavy (non-hydrogen) atoms. The molecule has 0 unspecified atom stereocenters. The summed E-state index contributed by atoms with van der Waals surface area (Å²) in [5.41, 5.74) is -13.6. The molecule has 0 aliphatic rings. The number of anilines is 2. The molecule has 4 nitrogen and oxygen atoms in total. The van der Waals surface area contributed by atoms with Gasteiger partial charge in [0.25, 0.3) is 11.8 Å². The Hall–Kier alpha value is -3.70. The molecule has 0 atom stereocenters. The van der Waals surface area contributed by atoms with Crippen LogP contribution in [-0.4, -0.2) is 30.7 Å².